The number of carbonyl (C=O) groups is 1. The molecule has 1 aromatic heterocycles. The number of aromatic hydroxyl groups is 1. The molecule has 0 unspecified atom stereocenters. The van der Waals surface area contributed by atoms with E-state index in [-0.39, 0.29) is 54.8 Å². The first kappa shape index (κ1) is 30.5. The van der Waals surface area contributed by atoms with Crippen LogP contribution in [0.25, 0.3) is 0 Å². The van der Waals surface area contributed by atoms with Gasteiger partial charge >= 0.3 is 5.97 Å². The van der Waals surface area contributed by atoms with Gasteiger partial charge in [0.15, 0.2) is 11.5 Å². The van der Waals surface area contributed by atoms with Crippen LogP contribution in [0.15, 0.2) is 47.5 Å². The van der Waals surface area contributed by atoms with Gasteiger partial charge in [0.1, 0.15) is 28.6 Å². The SMILES string of the molecule is CN1CCN=C1c1cccc(Oc2nc(Oc3cc(C(=N)N)ccc3O)c(F)c(N3CCN(C(C)(C)C(=O)O)CC3)c2F)c1. The zero-order chi connectivity index (χ0) is 31.8. The number of likely N-dealkylation sites (N-methyl/N-ethyl adjacent to an activating group) is 1. The molecule has 0 atom stereocenters. The highest BCUT2D eigenvalue weighted by Gasteiger charge is 2.38. The Labute approximate surface area is 252 Å². The number of nitrogens with two attached hydrogens (primary N) is 1. The van der Waals surface area contributed by atoms with Gasteiger partial charge in [-0.3, -0.25) is 20.1 Å². The summed E-state index contributed by atoms with van der Waals surface area (Å²) >= 11 is 0. The van der Waals surface area contributed by atoms with E-state index in [9.17, 15) is 15.0 Å². The van der Waals surface area contributed by atoms with Crippen molar-refractivity contribution in [3.63, 3.8) is 0 Å². The van der Waals surface area contributed by atoms with Gasteiger partial charge in [0.2, 0.25) is 11.6 Å². The second-order valence-corrected chi connectivity index (χ2v) is 11.0. The lowest BCUT2D eigenvalue weighted by Gasteiger charge is -2.42. The van der Waals surface area contributed by atoms with Gasteiger partial charge in [0.25, 0.3) is 11.8 Å². The topological polar surface area (TPSA) is 161 Å². The number of rotatable bonds is 9. The number of aliphatic carboxylic acids is 1. The van der Waals surface area contributed by atoms with Crippen LogP contribution in [0.2, 0.25) is 0 Å². The van der Waals surface area contributed by atoms with Crippen LogP contribution in [0.5, 0.6) is 29.0 Å². The Morgan fingerprint density at radius 2 is 1.70 bits per heavy atom. The van der Waals surface area contributed by atoms with E-state index in [0.717, 1.165) is 17.9 Å². The Hall–Kier alpha value is -4.98. The minimum atomic E-state index is -1.17. The van der Waals surface area contributed by atoms with Crippen LogP contribution in [-0.4, -0.2) is 94.5 Å². The van der Waals surface area contributed by atoms with Gasteiger partial charge in [-0.25, -0.2) is 0 Å². The van der Waals surface area contributed by atoms with Gasteiger partial charge in [-0.15, -0.1) is 0 Å². The van der Waals surface area contributed by atoms with Crippen LogP contribution < -0.4 is 20.1 Å². The summed E-state index contributed by atoms with van der Waals surface area (Å²) in [4.78, 5) is 25.4. The van der Waals surface area contributed by atoms with E-state index in [1.54, 1.807) is 36.9 Å². The molecule has 1 saturated heterocycles. The molecule has 12 nitrogen and oxygen atoms in total. The van der Waals surface area contributed by atoms with E-state index in [1.807, 2.05) is 18.0 Å². The molecule has 2 aliphatic heterocycles. The lowest BCUT2D eigenvalue weighted by atomic mass is 10.0. The minimum absolute atomic E-state index is 0.0974. The van der Waals surface area contributed by atoms with Crippen LogP contribution in [0.3, 0.4) is 0 Å². The highest BCUT2D eigenvalue weighted by atomic mass is 19.1. The molecule has 5 N–H and O–H groups in total. The normalized spacial score (nSPS) is 15.7. The number of ether oxygens (including phenoxy) is 2. The van der Waals surface area contributed by atoms with Crippen molar-refractivity contribution >= 4 is 23.3 Å². The number of nitrogen functional groups attached to an aromatic ring is 1. The van der Waals surface area contributed by atoms with Crippen LogP contribution in [0.1, 0.15) is 25.0 Å². The summed E-state index contributed by atoms with van der Waals surface area (Å²) in [5.41, 5.74) is 4.85. The number of amidine groups is 2. The first-order valence-corrected chi connectivity index (χ1v) is 13.9. The van der Waals surface area contributed by atoms with Gasteiger partial charge in [-0.1, -0.05) is 12.1 Å². The first-order valence-electron chi connectivity index (χ1n) is 13.9. The number of nitrogens with zero attached hydrogens (tertiary/aromatic N) is 5. The fraction of sp³-hybridized carbons (Fsp3) is 0.333. The molecule has 0 bridgehead atoms. The van der Waals surface area contributed by atoms with Crippen LogP contribution in [0.4, 0.5) is 14.5 Å². The summed E-state index contributed by atoms with van der Waals surface area (Å²) in [7, 11) is 1.91. The summed E-state index contributed by atoms with van der Waals surface area (Å²) in [6.45, 7) is 5.16. The molecule has 1 fully saturated rings. The molecule has 0 radical (unpaired) electrons. The van der Waals surface area contributed by atoms with Gasteiger partial charge < -0.3 is 35.2 Å². The van der Waals surface area contributed by atoms with Crippen molar-refractivity contribution in [2.24, 2.45) is 10.7 Å². The molecule has 14 heteroatoms. The number of hydrogen-bond acceptors (Lipinski definition) is 10. The molecule has 5 rings (SSSR count). The maximum Gasteiger partial charge on any atom is 0.323 e. The van der Waals surface area contributed by atoms with Gasteiger partial charge in [0, 0.05) is 50.9 Å². The molecule has 3 heterocycles. The van der Waals surface area contributed by atoms with Crippen molar-refractivity contribution in [2.45, 2.75) is 19.4 Å². The summed E-state index contributed by atoms with van der Waals surface area (Å²) in [6, 6.07) is 10.7. The smallest absolute Gasteiger partial charge is 0.323 e. The molecular weight excluding hydrogens is 576 g/mol. The third kappa shape index (κ3) is 5.93. The molecule has 232 valence electrons. The van der Waals surface area contributed by atoms with Crippen LogP contribution >= 0.6 is 0 Å². The number of phenolic OH excluding ortho intramolecular Hbond substituents is 1. The van der Waals surface area contributed by atoms with Gasteiger partial charge in [-0.05, 0) is 44.2 Å². The highest BCUT2D eigenvalue weighted by Crippen LogP contribution is 2.40. The van der Waals surface area contributed by atoms with Crippen molar-refractivity contribution in [1.29, 1.82) is 5.41 Å². The van der Waals surface area contributed by atoms with E-state index in [1.165, 1.54) is 23.1 Å². The van der Waals surface area contributed by atoms with E-state index >= 15 is 8.78 Å². The fourth-order valence-electron chi connectivity index (χ4n) is 5.05. The number of carboxylic acid groups (broad SMARTS) is 1. The molecule has 2 aromatic carbocycles. The number of anilines is 1. The fourth-order valence-corrected chi connectivity index (χ4v) is 5.05. The number of benzene rings is 2. The average Bonchev–Trinajstić information content (AvgIpc) is 3.42. The van der Waals surface area contributed by atoms with E-state index in [4.69, 9.17) is 20.6 Å². The Morgan fingerprint density at radius 1 is 1.02 bits per heavy atom. The molecular formula is C30H33F2N7O5. The summed E-state index contributed by atoms with van der Waals surface area (Å²) in [5.74, 6) is -4.50. The van der Waals surface area contributed by atoms with Crippen molar-refractivity contribution in [1.82, 2.24) is 14.8 Å². The second kappa shape index (κ2) is 12.0. The number of nitrogens with one attached hydrogen (secondary N) is 1. The zero-order valence-electron chi connectivity index (χ0n) is 24.5. The molecule has 44 heavy (non-hydrogen) atoms. The molecule has 0 saturated carbocycles. The molecule has 0 aliphatic carbocycles. The average molecular weight is 610 g/mol. The number of aromatic nitrogens is 1. The Balaban J connectivity index is 1.53. The second-order valence-electron chi connectivity index (χ2n) is 11.0. The monoisotopic (exact) mass is 609 g/mol. The number of hydrogen-bond donors (Lipinski definition) is 4. The molecule has 3 aromatic rings. The van der Waals surface area contributed by atoms with Crippen molar-refractivity contribution < 1.29 is 33.3 Å². The third-order valence-corrected chi connectivity index (χ3v) is 7.75. The summed E-state index contributed by atoms with van der Waals surface area (Å²) < 4.78 is 43.7. The lowest BCUT2D eigenvalue weighted by Crippen LogP contribution is -2.58. The van der Waals surface area contributed by atoms with Crippen LogP contribution in [0, 0.1) is 17.0 Å². The Morgan fingerprint density at radius 3 is 2.32 bits per heavy atom. The predicted octanol–water partition coefficient (Wildman–Crippen LogP) is 3.61. The minimum Gasteiger partial charge on any atom is -0.504 e. The third-order valence-electron chi connectivity index (χ3n) is 7.75. The maximum absolute atomic E-state index is 16.1. The van der Waals surface area contributed by atoms with E-state index in [0.29, 0.717) is 6.54 Å². The van der Waals surface area contributed by atoms with Crippen molar-refractivity contribution in [3.8, 4) is 29.0 Å². The Kier molecular flexibility index (Phi) is 8.28. The number of piperazine rings is 1. The molecule has 0 spiro atoms. The number of halogens is 2. The summed E-state index contributed by atoms with van der Waals surface area (Å²) in [6.07, 6.45) is 0. The van der Waals surface area contributed by atoms with Crippen molar-refractivity contribution in [3.05, 3.63) is 65.2 Å². The number of aliphatic imine (C=N–C) groups is 1. The number of carboxylic acids is 1. The summed E-state index contributed by atoms with van der Waals surface area (Å²) in [5, 5.41) is 27.7. The highest BCUT2D eigenvalue weighted by molar-refractivity contribution is 6.00. The number of phenols is 1. The standard InChI is InChI=1S/C30H33F2N7O5/c1-30(2,29(41)42)39-13-11-38(12-14-39)24-22(31)27(43-19-6-4-5-18(15-19)26-35-9-10-37(26)3)36-28(23(24)32)44-21-16-17(25(33)34)7-8-20(21)40/h4-8,15-16,40H,9-14H2,1-3H3,(H3,33,34)(H,41,42). The Bertz CT molecular complexity index is 1640. The van der Waals surface area contributed by atoms with Crippen molar-refractivity contribution in [2.75, 3.05) is 51.2 Å². The van der Waals surface area contributed by atoms with E-state index in [2.05, 4.69) is 9.98 Å². The first-order chi connectivity index (χ1) is 20.9. The molecule has 0 amide bonds. The predicted molar refractivity (Wildman–Crippen MR) is 159 cm³/mol. The zero-order valence-corrected chi connectivity index (χ0v) is 24.5. The van der Waals surface area contributed by atoms with Gasteiger partial charge in [-0.2, -0.15) is 13.8 Å². The quantitative estimate of drug-likeness (QED) is 0.208. The number of pyridine rings is 1. The largest absolute Gasteiger partial charge is 0.504 e. The van der Waals surface area contributed by atoms with Crippen LogP contribution in [-0.2, 0) is 4.79 Å². The maximum atomic E-state index is 16.1. The van der Waals surface area contributed by atoms with Gasteiger partial charge in [0.05, 0.1) is 6.54 Å². The van der Waals surface area contributed by atoms with E-state index < -0.39 is 40.6 Å². The molecule has 2 aliphatic rings. The lowest BCUT2D eigenvalue weighted by molar-refractivity contribution is -0.149.